The van der Waals surface area contributed by atoms with Gasteiger partial charge in [0.2, 0.25) is 5.91 Å². The van der Waals surface area contributed by atoms with E-state index in [1.54, 1.807) is 17.0 Å². The van der Waals surface area contributed by atoms with Crippen LogP contribution in [0.25, 0.3) is 0 Å². The number of ether oxygens (including phenoxy) is 1. The minimum atomic E-state index is -0.579. The molecule has 2 fully saturated rings. The Hall–Kier alpha value is -1.90. The Bertz CT molecular complexity index is 827. The van der Waals surface area contributed by atoms with E-state index in [0.29, 0.717) is 23.1 Å². The number of fused-ring (bicyclic) bond motifs is 1. The number of piperidine rings is 1. The van der Waals surface area contributed by atoms with Crippen LogP contribution in [0.3, 0.4) is 0 Å². The number of terminal acetylenes is 1. The van der Waals surface area contributed by atoms with Crippen LogP contribution in [0.15, 0.2) is 18.2 Å². The van der Waals surface area contributed by atoms with Gasteiger partial charge < -0.3 is 15.0 Å². The summed E-state index contributed by atoms with van der Waals surface area (Å²) in [5.41, 5.74) is -0.178. The average Bonchev–Trinajstić information content (AvgIpc) is 3.03. The molecule has 0 radical (unpaired) electrons. The highest BCUT2D eigenvalue weighted by Crippen LogP contribution is 2.64. The molecule has 1 aliphatic heterocycles. The predicted octanol–water partition coefficient (Wildman–Crippen LogP) is 3.48. The lowest BCUT2D eigenvalue weighted by Gasteiger charge is -2.27. The number of benzene rings is 1. The fourth-order valence-corrected chi connectivity index (χ4v) is 4.32. The van der Waals surface area contributed by atoms with Gasteiger partial charge in [0.05, 0.1) is 22.5 Å². The third-order valence-corrected chi connectivity index (χ3v) is 5.87. The maximum absolute atomic E-state index is 12.6. The molecule has 1 N–H and O–H groups in total. The lowest BCUT2D eigenvalue weighted by Crippen LogP contribution is -2.41. The van der Waals surface area contributed by atoms with Crippen LogP contribution < -0.4 is 5.32 Å². The van der Waals surface area contributed by atoms with Crippen LogP contribution in [0.5, 0.6) is 0 Å². The zero-order valence-corrected chi connectivity index (χ0v) is 17.0. The molecule has 7 heteroatoms. The smallest absolute Gasteiger partial charge is 0.410 e. The van der Waals surface area contributed by atoms with Crippen LogP contribution in [0.4, 0.5) is 4.79 Å². The van der Waals surface area contributed by atoms with Gasteiger partial charge in [0.25, 0.3) is 0 Å². The molecular formula is C20H22Cl2N2O3. The number of nitrogens with one attached hydrogen (secondary N) is 1. The van der Waals surface area contributed by atoms with Gasteiger partial charge in [-0.3, -0.25) is 4.79 Å². The molecule has 1 aromatic rings. The van der Waals surface area contributed by atoms with Crippen molar-refractivity contribution in [2.45, 2.75) is 31.8 Å². The highest BCUT2D eigenvalue weighted by atomic mass is 35.5. The van der Waals surface area contributed by atoms with E-state index in [4.69, 9.17) is 34.4 Å². The topological polar surface area (TPSA) is 58.6 Å². The van der Waals surface area contributed by atoms with E-state index in [1.807, 2.05) is 26.8 Å². The third-order valence-electron chi connectivity index (χ3n) is 5.14. The van der Waals surface area contributed by atoms with Crippen LogP contribution >= 0.6 is 23.2 Å². The van der Waals surface area contributed by atoms with Gasteiger partial charge in [0.1, 0.15) is 5.60 Å². The van der Waals surface area contributed by atoms with Crippen LogP contribution in [-0.4, -0.2) is 42.1 Å². The minimum absolute atomic E-state index is 0.0139. The highest BCUT2D eigenvalue weighted by Gasteiger charge is 2.73. The summed E-state index contributed by atoms with van der Waals surface area (Å²) in [5.74, 6) is 2.03. The lowest BCUT2D eigenvalue weighted by molar-refractivity contribution is -0.123. The summed E-state index contributed by atoms with van der Waals surface area (Å²) in [6.07, 6.45) is 4.87. The Morgan fingerprint density at radius 3 is 2.67 bits per heavy atom. The van der Waals surface area contributed by atoms with Crippen molar-refractivity contribution in [2.75, 3.05) is 19.6 Å². The summed E-state index contributed by atoms with van der Waals surface area (Å²) in [6, 6.07) is 5.37. The molecule has 1 saturated heterocycles. The number of amides is 2. The van der Waals surface area contributed by atoms with Crippen molar-refractivity contribution < 1.29 is 14.3 Å². The largest absolute Gasteiger partial charge is 0.444 e. The molecule has 2 amide bonds. The normalized spacial score (nSPS) is 26.1. The molecule has 1 aromatic carbocycles. The summed E-state index contributed by atoms with van der Waals surface area (Å²) in [4.78, 5) is 26.8. The first-order valence-corrected chi connectivity index (χ1v) is 9.50. The molecular weight excluding hydrogens is 387 g/mol. The van der Waals surface area contributed by atoms with E-state index in [2.05, 4.69) is 11.2 Å². The maximum Gasteiger partial charge on any atom is 0.410 e. The van der Waals surface area contributed by atoms with Gasteiger partial charge in [-0.05, 0) is 38.5 Å². The molecule has 1 heterocycles. The fraction of sp³-hybridized carbons (Fsp3) is 0.500. The Morgan fingerprint density at radius 2 is 2.07 bits per heavy atom. The highest BCUT2D eigenvalue weighted by molar-refractivity contribution is 6.42. The van der Waals surface area contributed by atoms with Crippen LogP contribution in [0, 0.1) is 24.2 Å². The molecule has 0 bridgehead atoms. The van der Waals surface area contributed by atoms with Gasteiger partial charge in [0.15, 0.2) is 0 Å². The van der Waals surface area contributed by atoms with Crippen molar-refractivity contribution in [1.82, 2.24) is 10.2 Å². The zero-order valence-electron chi connectivity index (χ0n) is 15.5. The number of halogens is 2. The second kappa shape index (κ2) is 6.92. The first-order chi connectivity index (χ1) is 12.6. The standard InChI is InChI=1S/C20H22Cl2N2O3/c1-5-8-23-17(25)16-13-10-24(18(26)27-19(2,3)4)11-20(13,16)12-6-7-14(21)15(22)9-12/h1,6-7,9,13,16H,8,10-11H2,2-4H3,(H,23,25)/t13-,16+,20-/m1/s1. The van der Waals surface area contributed by atoms with Crippen LogP contribution in [0.2, 0.25) is 10.0 Å². The first-order valence-electron chi connectivity index (χ1n) is 8.75. The Balaban J connectivity index is 1.87. The summed E-state index contributed by atoms with van der Waals surface area (Å²) < 4.78 is 5.49. The SMILES string of the molecule is C#CCNC(=O)[C@@H]1[C@H]2CN(C(=O)OC(C)(C)C)C[C@@]21c1ccc(Cl)c(Cl)c1. The van der Waals surface area contributed by atoms with E-state index in [9.17, 15) is 9.59 Å². The van der Waals surface area contributed by atoms with E-state index in [1.165, 1.54) is 0 Å². The summed E-state index contributed by atoms with van der Waals surface area (Å²) in [7, 11) is 0. The van der Waals surface area contributed by atoms with Gasteiger partial charge in [0, 0.05) is 24.4 Å². The van der Waals surface area contributed by atoms with Crippen molar-refractivity contribution in [1.29, 1.82) is 0 Å². The maximum atomic E-state index is 12.6. The Morgan fingerprint density at radius 1 is 1.37 bits per heavy atom. The molecule has 27 heavy (non-hydrogen) atoms. The monoisotopic (exact) mass is 408 g/mol. The van der Waals surface area contributed by atoms with Gasteiger partial charge >= 0.3 is 6.09 Å². The van der Waals surface area contributed by atoms with E-state index < -0.39 is 11.0 Å². The summed E-state index contributed by atoms with van der Waals surface area (Å²) in [6.45, 7) is 6.49. The van der Waals surface area contributed by atoms with Crippen LogP contribution in [-0.2, 0) is 14.9 Å². The second-order valence-corrected chi connectivity index (χ2v) is 8.85. The third kappa shape index (κ3) is 3.61. The number of carbonyl (C=O) groups excluding carboxylic acids is 2. The number of nitrogens with zero attached hydrogens (tertiary/aromatic N) is 1. The molecule has 0 aromatic heterocycles. The first kappa shape index (κ1) is 19.9. The predicted molar refractivity (Wildman–Crippen MR) is 105 cm³/mol. The molecule has 3 atom stereocenters. The molecule has 2 aliphatic rings. The van der Waals surface area contributed by atoms with Gasteiger partial charge in [-0.1, -0.05) is 35.2 Å². The van der Waals surface area contributed by atoms with Crippen molar-refractivity contribution in [3.63, 3.8) is 0 Å². The molecule has 1 aliphatic carbocycles. The molecule has 5 nitrogen and oxygen atoms in total. The average molecular weight is 409 g/mol. The molecule has 0 spiro atoms. The lowest BCUT2D eigenvalue weighted by atomic mass is 9.92. The van der Waals surface area contributed by atoms with Gasteiger partial charge in [-0.25, -0.2) is 4.79 Å². The van der Waals surface area contributed by atoms with E-state index in [0.717, 1.165) is 5.56 Å². The van der Waals surface area contributed by atoms with Gasteiger partial charge in [-0.2, -0.15) is 0 Å². The fourth-order valence-electron chi connectivity index (χ4n) is 4.02. The number of rotatable bonds is 3. The van der Waals surface area contributed by atoms with E-state index in [-0.39, 0.29) is 30.4 Å². The molecule has 3 rings (SSSR count). The van der Waals surface area contributed by atoms with Gasteiger partial charge in [-0.15, -0.1) is 6.42 Å². The van der Waals surface area contributed by atoms with Crippen molar-refractivity contribution >= 4 is 35.2 Å². The number of likely N-dealkylation sites (tertiary alicyclic amines) is 1. The quantitative estimate of drug-likeness (QED) is 0.778. The van der Waals surface area contributed by atoms with Crippen molar-refractivity contribution in [2.24, 2.45) is 11.8 Å². The van der Waals surface area contributed by atoms with E-state index >= 15 is 0 Å². The number of hydrogen-bond donors (Lipinski definition) is 1. The molecule has 0 unspecified atom stereocenters. The Kier molecular flexibility index (Phi) is 5.09. The number of hydrogen-bond acceptors (Lipinski definition) is 3. The molecule has 144 valence electrons. The second-order valence-electron chi connectivity index (χ2n) is 8.04. The number of carbonyl (C=O) groups is 2. The minimum Gasteiger partial charge on any atom is -0.444 e. The summed E-state index contributed by atoms with van der Waals surface area (Å²) in [5, 5.41) is 3.63. The Labute approximate surface area is 169 Å². The zero-order chi connectivity index (χ0) is 20.0. The molecule has 1 saturated carbocycles. The van der Waals surface area contributed by atoms with Crippen molar-refractivity contribution in [3.8, 4) is 12.3 Å². The summed E-state index contributed by atoms with van der Waals surface area (Å²) >= 11 is 12.3. The van der Waals surface area contributed by atoms with Crippen molar-refractivity contribution in [3.05, 3.63) is 33.8 Å². The van der Waals surface area contributed by atoms with Crippen LogP contribution in [0.1, 0.15) is 26.3 Å².